The Morgan fingerprint density at radius 3 is 2.45 bits per heavy atom. The molecule has 0 aromatic heterocycles. The van der Waals surface area contributed by atoms with Crippen LogP contribution in [0.15, 0.2) is 46.9 Å². The minimum absolute atomic E-state index is 0.317. The van der Waals surface area contributed by atoms with Gasteiger partial charge in [-0.1, -0.05) is 29.8 Å². The number of halogens is 2. The molecule has 0 radical (unpaired) electrons. The van der Waals surface area contributed by atoms with Gasteiger partial charge in [-0.2, -0.15) is 0 Å². The molecule has 2 aromatic rings. The monoisotopic (exact) mass is 352 g/mol. The van der Waals surface area contributed by atoms with E-state index in [1.54, 1.807) is 0 Å². The van der Waals surface area contributed by atoms with E-state index in [2.05, 4.69) is 53.0 Å². The summed E-state index contributed by atoms with van der Waals surface area (Å²) < 4.78 is 0.939. The maximum absolute atomic E-state index is 5.93. The zero-order valence-electron chi connectivity index (χ0n) is 11.6. The lowest BCUT2D eigenvalue weighted by Gasteiger charge is -2.25. The lowest BCUT2D eigenvalue weighted by atomic mass is 10.1. The number of hydrogen-bond donors (Lipinski definition) is 1. The Kier molecular flexibility index (Phi) is 5.08. The van der Waals surface area contributed by atoms with E-state index >= 15 is 0 Å². The van der Waals surface area contributed by atoms with Crippen LogP contribution >= 0.6 is 27.5 Å². The van der Waals surface area contributed by atoms with Crippen molar-refractivity contribution in [3.63, 3.8) is 0 Å². The quantitative estimate of drug-likeness (QED) is 0.794. The summed E-state index contributed by atoms with van der Waals surface area (Å²) in [6, 6.07) is 14.4. The van der Waals surface area contributed by atoms with E-state index in [0.29, 0.717) is 6.04 Å². The summed E-state index contributed by atoms with van der Waals surface area (Å²) in [6.45, 7) is 3.03. The highest BCUT2D eigenvalue weighted by molar-refractivity contribution is 9.10. The Bertz CT molecular complexity index is 584. The van der Waals surface area contributed by atoms with E-state index in [1.807, 2.05) is 24.3 Å². The fraction of sp³-hybridized carbons (Fsp3) is 0.250. The molecule has 2 N–H and O–H groups in total. The van der Waals surface area contributed by atoms with Crippen molar-refractivity contribution < 1.29 is 0 Å². The summed E-state index contributed by atoms with van der Waals surface area (Å²) in [5.74, 6) is 0. The second-order valence-electron chi connectivity index (χ2n) is 5.00. The number of rotatable bonds is 4. The Labute approximate surface area is 133 Å². The molecule has 0 saturated heterocycles. The molecule has 20 heavy (non-hydrogen) atoms. The van der Waals surface area contributed by atoms with Gasteiger partial charge < -0.3 is 5.73 Å². The highest BCUT2D eigenvalue weighted by Crippen LogP contribution is 2.25. The van der Waals surface area contributed by atoms with Crippen LogP contribution in [-0.4, -0.2) is 11.9 Å². The van der Waals surface area contributed by atoms with E-state index in [9.17, 15) is 0 Å². The third kappa shape index (κ3) is 3.75. The Hall–Kier alpha value is -1.03. The molecule has 0 amide bonds. The molecule has 0 bridgehead atoms. The van der Waals surface area contributed by atoms with E-state index < -0.39 is 0 Å². The summed E-state index contributed by atoms with van der Waals surface area (Å²) in [6.07, 6.45) is 0. The number of nitrogen functional groups attached to an aromatic ring is 1. The molecule has 2 aromatic carbocycles. The molecule has 0 spiro atoms. The van der Waals surface area contributed by atoms with Gasteiger partial charge >= 0.3 is 0 Å². The molecule has 4 heteroatoms. The second kappa shape index (κ2) is 6.61. The lowest BCUT2D eigenvalue weighted by molar-refractivity contribution is 0.253. The maximum Gasteiger partial charge on any atom is 0.0461 e. The van der Waals surface area contributed by atoms with Gasteiger partial charge in [0.15, 0.2) is 0 Å². The average molecular weight is 354 g/mol. The lowest BCUT2D eigenvalue weighted by Crippen LogP contribution is -2.21. The van der Waals surface area contributed by atoms with Crippen LogP contribution in [0.3, 0.4) is 0 Å². The summed E-state index contributed by atoms with van der Waals surface area (Å²) in [4.78, 5) is 2.28. The molecule has 0 aliphatic heterocycles. The van der Waals surface area contributed by atoms with Crippen molar-refractivity contribution in [2.24, 2.45) is 0 Å². The second-order valence-corrected chi connectivity index (χ2v) is 6.29. The van der Waals surface area contributed by atoms with Crippen molar-refractivity contribution in [2.75, 3.05) is 12.8 Å². The van der Waals surface area contributed by atoms with Crippen molar-refractivity contribution in [3.8, 4) is 0 Å². The van der Waals surface area contributed by atoms with Gasteiger partial charge in [0, 0.05) is 27.8 Å². The Morgan fingerprint density at radius 2 is 1.85 bits per heavy atom. The first-order valence-electron chi connectivity index (χ1n) is 6.47. The molecule has 1 atom stereocenters. The average Bonchev–Trinajstić information content (AvgIpc) is 2.43. The van der Waals surface area contributed by atoms with E-state index in [4.69, 9.17) is 17.3 Å². The molecule has 2 rings (SSSR count). The third-order valence-corrected chi connectivity index (χ3v) is 4.48. The molecular formula is C16H18BrClN2. The Balaban J connectivity index is 2.08. The Morgan fingerprint density at radius 1 is 1.20 bits per heavy atom. The normalized spacial score (nSPS) is 12.7. The van der Waals surface area contributed by atoms with Crippen LogP contribution in [0.5, 0.6) is 0 Å². The summed E-state index contributed by atoms with van der Waals surface area (Å²) in [5, 5.41) is 0.768. The molecule has 106 valence electrons. The molecule has 2 nitrogen and oxygen atoms in total. The predicted octanol–water partition coefficient (Wildman–Crippen LogP) is 4.88. The number of nitrogens with two attached hydrogens (primary N) is 1. The summed E-state index contributed by atoms with van der Waals surface area (Å²) in [7, 11) is 2.11. The first-order chi connectivity index (χ1) is 9.47. The molecule has 0 saturated carbocycles. The van der Waals surface area contributed by atoms with Gasteiger partial charge in [0.05, 0.1) is 0 Å². The van der Waals surface area contributed by atoms with Crippen molar-refractivity contribution in [1.29, 1.82) is 0 Å². The minimum Gasteiger partial charge on any atom is -0.398 e. The van der Waals surface area contributed by atoms with Crippen LogP contribution in [-0.2, 0) is 6.54 Å². The maximum atomic E-state index is 5.93. The fourth-order valence-corrected chi connectivity index (χ4v) is 2.48. The molecule has 0 heterocycles. The first-order valence-corrected chi connectivity index (χ1v) is 7.64. The van der Waals surface area contributed by atoms with Crippen molar-refractivity contribution >= 4 is 33.2 Å². The standard InChI is InChI=1S/C16H18BrClN2/c1-11(13-4-6-14(18)7-5-13)20(2)10-12-3-8-15(17)16(19)9-12/h3-9,11H,10,19H2,1-2H3. The zero-order chi connectivity index (χ0) is 14.7. The number of hydrogen-bond acceptors (Lipinski definition) is 2. The first kappa shape index (κ1) is 15.4. The zero-order valence-corrected chi connectivity index (χ0v) is 13.9. The van der Waals surface area contributed by atoms with Gasteiger partial charge in [-0.15, -0.1) is 0 Å². The van der Waals surface area contributed by atoms with Crippen molar-refractivity contribution in [3.05, 3.63) is 63.1 Å². The third-order valence-electron chi connectivity index (χ3n) is 3.51. The van der Waals surface area contributed by atoms with E-state index in [1.165, 1.54) is 11.1 Å². The SMILES string of the molecule is CC(c1ccc(Cl)cc1)N(C)Cc1ccc(Br)c(N)c1. The smallest absolute Gasteiger partial charge is 0.0461 e. The fourth-order valence-electron chi connectivity index (χ4n) is 2.11. The highest BCUT2D eigenvalue weighted by Gasteiger charge is 2.12. The van der Waals surface area contributed by atoms with Gasteiger partial charge in [0.2, 0.25) is 0 Å². The topological polar surface area (TPSA) is 29.3 Å². The molecule has 0 aliphatic rings. The van der Waals surface area contributed by atoms with Crippen LogP contribution in [0.1, 0.15) is 24.1 Å². The molecule has 0 aliphatic carbocycles. The van der Waals surface area contributed by atoms with Crippen molar-refractivity contribution in [2.45, 2.75) is 19.5 Å². The van der Waals surface area contributed by atoms with Gasteiger partial charge in [0.1, 0.15) is 0 Å². The van der Waals surface area contributed by atoms with Gasteiger partial charge in [-0.3, -0.25) is 4.90 Å². The number of nitrogens with zero attached hydrogens (tertiary/aromatic N) is 1. The molecular weight excluding hydrogens is 336 g/mol. The van der Waals surface area contributed by atoms with Crippen LogP contribution in [0.4, 0.5) is 5.69 Å². The van der Waals surface area contributed by atoms with E-state index in [-0.39, 0.29) is 0 Å². The molecule has 0 fully saturated rings. The van der Waals surface area contributed by atoms with Crippen LogP contribution in [0.25, 0.3) is 0 Å². The number of benzene rings is 2. The largest absolute Gasteiger partial charge is 0.398 e. The van der Waals surface area contributed by atoms with Crippen LogP contribution in [0.2, 0.25) is 5.02 Å². The summed E-state index contributed by atoms with van der Waals surface area (Å²) >= 11 is 9.34. The summed E-state index contributed by atoms with van der Waals surface area (Å²) in [5.41, 5.74) is 9.15. The van der Waals surface area contributed by atoms with Gasteiger partial charge in [-0.25, -0.2) is 0 Å². The molecule has 1 unspecified atom stereocenters. The van der Waals surface area contributed by atoms with E-state index in [0.717, 1.165) is 21.7 Å². The number of anilines is 1. The van der Waals surface area contributed by atoms with Gasteiger partial charge in [-0.05, 0) is 65.3 Å². The van der Waals surface area contributed by atoms with Crippen molar-refractivity contribution in [1.82, 2.24) is 4.90 Å². The highest BCUT2D eigenvalue weighted by atomic mass is 79.9. The minimum atomic E-state index is 0.317. The predicted molar refractivity (Wildman–Crippen MR) is 89.9 cm³/mol. The van der Waals surface area contributed by atoms with Gasteiger partial charge in [0.25, 0.3) is 0 Å². The van der Waals surface area contributed by atoms with Crippen LogP contribution in [0, 0.1) is 0 Å². The van der Waals surface area contributed by atoms with Crippen LogP contribution < -0.4 is 5.73 Å².